The lowest BCUT2D eigenvalue weighted by atomic mass is 10.1. The van der Waals surface area contributed by atoms with Crippen LogP contribution in [-0.4, -0.2) is 10.8 Å². The Kier molecular flexibility index (Phi) is 4.99. The molecule has 2 atom stereocenters. The van der Waals surface area contributed by atoms with E-state index in [4.69, 9.17) is 4.18 Å². The fraction of sp³-hybridized carbons (Fsp3) is 0.500. The summed E-state index contributed by atoms with van der Waals surface area (Å²) in [6, 6.07) is 7.59. The SMILES string of the molecule is CC[C@@H](C)COS(=O)c1ccc(C)cc1. The molecule has 0 N–H and O–H groups in total. The molecule has 84 valence electrons. The van der Waals surface area contributed by atoms with Crippen molar-refractivity contribution in [3.63, 3.8) is 0 Å². The van der Waals surface area contributed by atoms with Crippen molar-refractivity contribution in [2.45, 2.75) is 32.1 Å². The van der Waals surface area contributed by atoms with Gasteiger partial charge in [-0.2, -0.15) is 0 Å². The number of hydrogen-bond donors (Lipinski definition) is 0. The lowest BCUT2D eigenvalue weighted by molar-refractivity contribution is 0.280. The molecule has 1 aromatic carbocycles. The smallest absolute Gasteiger partial charge is 0.189 e. The van der Waals surface area contributed by atoms with Gasteiger partial charge in [-0.25, -0.2) is 4.21 Å². The van der Waals surface area contributed by atoms with E-state index in [1.54, 1.807) is 0 Å². The van der Waals surface area contributed by atoms with Crippen LogP contribution in [0.25, 0.3) is 0 Å². The Balaban J connectivity index is 2.50. The molecule has 0 aliphatic heterocycles. The van der Waals surface area contributed by atoms with Gasteiger partial charge in [0.25, 0.3) is 0 Å². The summed E-state index contributed by atoms with van der Waals surface area (Å²) >= 11 is -1.31. The zero-order chi connectivity index (χ0) is 11.3. The Bertz CT molecular complexity index is 319. The van der Waals surface area contributed by atoms with Gasteiger partial charge in [-0.3, -0.25) is 4.18 Å². The highest BCUT2D eigenvalue weighted by Crippen LogP contribution is 2.11. The molecule has 2 nitrogen and oxygen atoms in total. The number of rotatable bonds is 5. The topological polar surface area (TPSA) is 26.3 Å². The van der Waals surface area contributed by atoms with Crippen molar-refractivity contribution in [2.75, 3.05) is 6.61 Å². The molecule has 0 aliphatic carbocycles. The molecule has 0 fully saturated rings. The third-order valence-corrected chi connectivity index (χ3v) is 3.38. The molecule has 0 radical (unpaired) electrons. The van der Waals surface area contributed by atoms with Crippen LogP contribution in [0.15, 0.2) is 29.2 Å². The summed E-state index contributed by atoms with van der Waals surface area (Å²) in [5.74, 6) is 0.458. The molecule has 0 spiro atoms. The van der Waals surface area contributed by atoms with E-state index in [0.29, 0.717) is 12.5 Å². The normalized spacial score (nSPS) is 14.9. The molecule has 0 heterocycles. The van der Waals surface area contributed by atoms with Crippen LogP contribution in [-0.2, 0) is 15.3 Å². The minimum Gasteiger partial charge on any atom is -0.286 e. The van der Waals surface area contributed by atoms with E-state index < -0.39 is 11.1 Å². The second-order valence-corrected chi connectivity index (χ2v) is 5.02. The van der Waals surface area contributed by atoms with Crippen LogP contribution in [0.1, 0.15) is 25.8 Å². The monoisotopic (exact) mass is 226 g/mol. The van der Waals surface area contributed by atoms with Gasteiger partial charge in [-0.05, 0) is 25.0 Å². The Morgan fingerprint density at radius 1 is 1.33 bits per heavy atom. The van der Waals surface area contributed by atoms with Crippen molar-refractivity contribution < 1.29 is 8.39 Å². The fourth-order valence-electron chi connectivity index (χ4n) is 1.01. The minimum atomic E-state index is -1.31. The van der Waals surface area contributed by atoms with Crippen molar-refractivity contribution in [2.24, 2.45) is 5.92 Å². The first-order valence-electron chi connectivity index (χ1n) is 5.25. The second-order valence-electron chi connectivity index (χ2n) is 3.85. The average molecular weight is 226 g/mol. The Labute approximate surface area is 94.3 Å². The largest absolute Gasteiger partial charge is 0.286 e. The van der Waals surface area contributed by atoms with Gasteiger partial charge in [0.05, 0.1) is 11.5 Å². The van der Waals surface area contributed by atoms with Crippen LogP contribution in [0.5, 0.6) is 0 Å². The summed E-state index contributed by atoms with van der Waals surface area (Å²) in [4.78, 5) is 0.740. The van der Waals surface area contributed by atoms with Crippen molar-refractivity contribution in [3.05, 3.63) is 29.8 Å². The lowest BCUT2D eigenvalue weighted by Gasteiger charge is -2.08. The summed E-state index contributed by atoms with van der Waals surface area (Å²) in [5.41, 5.74) is 1.16. The summed E-state index contributed by atoms with van der Waals surface area (Å²) in [7, 11) is 0. The Morgan fingerprint density at radius 2 is 1.93 bits per heavy atom. The van der Waals surface area contributed by atoms with E-state index in [9.17, 15) is 4.21 Å². The highest BCUT2D eigenvalue weighted by molar-refractivity contribution is 7.80. The zero-order valence-corrected chi connectivity index (χ0v) is 10.3. The van der Waals surface area contributed by atoms with Gasteiger partial charge in [0.2, 0.25) is 0 Å². The van der Waals surface area contributed by atoms with Gasteiger partial charge in [0, 0.05) is 0 Å². The minimum absolute atomic E-state index is 0.458. The number of hydrogen-bond acceptors (Lipinski definition) is 2. The van der Waals surface area contributed by atoms with E-state index in [0.717, 1.165) is 16.9 Å². The van der Waals surface area contributed by atoms with E-state index in [2.05, 4.69) is 13.8 Å². The van der Waals surface area contributed by atoms with Gasteiger partial charge in [-0.1, -0.05) is 38.0 Å². The third kappa shape index (κ3) is 4.14. The van der Waals surface area contributed by atoms with Gasteiger partial charge in [0.1, 0.15) is 0 Å². The first kappa shape index (κ1) is 12.4. The van der Waals surface area contributed by atoms with Crippen LogP contribution in [0, 0.1) is 12.8 Å². The molecule has 0 bridgehead atoms. The summed E-state index contributed by atoms with van der Waals surface area (Å²) in [6.45, 7) is 6.75. The molecule has 0 saturated heterocycles. The first-order chi connectivity index (χ1) is 7.13. The maximum atomic E-state index is 11.7. The first-order valence-corrected chi connectivity index (χ1v) is 6.32. The molecule has 0 aliphatic rings. The highest BCUT2D eigenvalue weighted by Gasteiger charge is 2.06. The quantitative estimate of drug-likeness (QED) is 0.771. The van der Waals surface area contributed by atoms with Gasteiger partial charge < -0.3 is 0 Å². The molecular formula is C12H18O2S. The van der Waals surface area contributed by atoms with Crippen LogP contribution in [0.2, 0.25) is 0 Å². The lowest BCUT2D eigenvalue weighted by Crippen LogP contribution is -2.07. The summed E-state index contributed by atoms with van der Waals surface area (Å²) in [6.07, 6.45) is 1.05. The van der Waals surface area contributed by atoms with Crippen LogP contribution >= 0.6 is 0 Å². The number of benzene rings is 1. The van der Waals surface area contributed by atoms with Crippen molar-refractivity contribution in [3.8, 4) is 0 Å². The second kappa shape index (κ2) is 6.03. The van der Waals surface area contributed by atoms with Crippen molar-refractivity contribution in [1.82, 2.24) is 0 Å². The fourth-order valence-corrected chi connectivity index (χ4v) is 1.86. The van der Waals surface area contributed by atoms with E-state index in [-0.39, 0.29) is 0 Å². The molecule has 0 aromatic heterocycles. The van der Waals surface area contributed by atoms with Crippen molar-refractivity contribution in [1.29, 1.82) is 0 Å². The predicted molar refractivity (Wildman–Crippen MR) is 63.0 cm³/mol. The summed E-state index contributed by atoms with van der Waals surface area (Å²) in [5, 5.41) is 0. The molecule has 3 heteroatoms. The highest BCUT2D eigenvalue weighted by atomic mass is 32.2. The van der Waals surface area contributed by atoms with Gasteiger partial charge >= 0.3 is 0 Å². The van der Waals surface area contributed by atoms with Crippen LogP contribution in [0.3, 0.4) is 0 Å². The standard InChI is InChI=1S/C12H18O2S/c1-4-10(2)9-14-15(13)12-7-5-11(3)6-8-12/h5-8,10H,4,9H2,1-3H3/t10-,15?/m1/s1. The Hall–Kier alpha value is -0.670. The molecule has 15 heavy (non-hydrogen) atoms. The van der Waals surface area contributed by atoms with Crippen LogP contribution in [0.4, 0.5) is 0 Å². The van der Waals surface area contributed by atoms with Crippen LogP contribution < -0.4 is 0 Å². The molecule has 1 rings (SSSR count). The maximum absolute atomic E-state index is 11.7. The third-order valence-electron chi connectivity index (χ3n) is 2.37. The predicted octanol–water partition coefficient (Wildman–Crippen LogP) is 3.08. The molecular weight excluding hydrogens is 208 g/mol. The summed E-state index contributed by atoms with van der Waals surface area (Å²) < 4.78 is 17.0. The molecule has 1 unspecified atom stereocenters. The van der Waals surface area contributed by atoms with Crippen molar-refractivity contribution >= 4 is 11.1 Å². The molecule has 1 aromatic rings. The zero-order valence-electron chi connectivity index (χ0n) is 9.53. The maximum Gasteiger partial charge on any atom is 0.189 e. The van der Waals surface area contributed by atoms with E-state index >= 15 is 0 Å². The van der Waals surface area contributed by atoms with E-state index in [1.807, 2.05) is 31.2 Å². The Morgan fingerprint density at radius 3 is 2.47 bits per heavy atom. The molecule has 0 saturated carbocycles. The average Bonchev–Trinajstić information content (AvgIpc) is 2.26. The molecule has 0 amide bonds. The van der Waals surface area contributed by atoms with Gasteiger partial charge in [-0.15, -0.1) is 0 Å². The van der Waals surface area contributed by atoms with Gasteiger partial charge in [0.15, 0.2) is 11.1 Å². The van der Waals surface area contributed by atoms with E-state index in [1.165, 1.54) is 0 Å². The number of aryl methyl sites for hydroxylation is 1.